The molecule has 0 saturated carbocycles. The lowest BCUT2D eigenvalue weighted by atomic mass is 10.1. The predicted molar refractivity (Wildman–Crippen MR) is 113 cm³/mol. The molecule has 166 valence electrons. The molecule has 3 rings (SSSR count). The van der Waals surface area contributed by atoms with E-state index in [-0.39, 0.29) is 29.1 Å². The highest BCUT2D eigenvalue weighted by atomic mass is 32.2. The Kier molecular flexibility index (Phi) is 6.81. The predicted octanol–water partition coefficient (Wildman–Crippen LogP) is 1.78. The van der Waals surface area contributed by atoms with Crippen molar-refractivity contribution in [3.8, 4) is 5.75 Å². The molecule has 0 unspecified atom stereocenters. The van der Waals surface area contributed by atoms with Gasteiger partial charge in [-0.05, 0) is 30.3 Å². The van der Waals surface area contributed by atoms with E-state index < -0.39 is 22.0 Å². The fourth-order valence-electron chi connectivity index (χ4n) is 3.39. The summed E-state index contributed by atoms with van der Waals surface area (Å²) < 4.78 is 42.7. The molecule has 1 aliphatic heterocycles. The van der Waals surface area contributed by atoms with E-state index in [9.17, 15) is 18.0 Å². The van der Waals surface area contributed by atoms with Crippen LogP contribution in [0.3, 0.4) is 0 Å². The van der Waals surface area contributed by atoms with Gasteiger partial charge in [-0.3, -0.25) is 0 Å². The number of anilines is 1. The molecule has 0 aromatic heterocycles. The van der Waals surface area contributed by atoms with Crippen LogP contribution in [0.5, 0.6) is 5.75 Å². The van der Waals surface area contributed by atoms with Crippen molar-refractivity contribution in [2.75, 3.05) is 52.4 Å². The first kappa shape index (κ1) is 22.6. The van der Waals surface area contributed by atoms with E-state index in [4.69, 9.17) is 9.47 Å². The molecule has 2 aromatic rings. The molecule has 10 heteroatoms. The van der Waals surface area contributed by atoms with Gasteiger partial charge in [-0.1, -0.05) is 6.07 Å². The van der Waals surface area contributed by atoms with Crippen molar-refractivity contribution < 1.29 is 32.2 Å². The highest BCUT2D eigenvalue weighted by molar-refractivity contribution is 7.89. The van der Waals surface area contributed by atoms with Gasteiger partial charge in [0.1, 0.15) is 5.75 Å². The van der Waals surface area contributed by atoms with Crippen LogP contribution in [0.1, 0.15) is 20.7 Å². The van der Waals surface area contributed by atoms with Crippen LogP contribution in [-0.4, -0.2) is 72.2 Å². The van der Waals surface area contributed by atoms with Gasteiger partial charge in [0.15, 0.2) is 0 Å². The van der Waals surface area contributed by atoms with Gasteiger partial charge in [0.2, 0.25) is 10.0 Å². The van der Waals surface area contributed by atoms with Crippen LogP contribution in [0.2, 0.25) is 0 Å². The van der Waals surface area contributed by atoms with Crippen LogP contribution in [0.4, 0.5) is 5.69 Å². The summed E-state index contributed by atoms with van der Waals surface area (Å²) in [7, 11) is -0.105. The van der Waals surface area contributed by atoms with Gasteiger partial charge in [-0.15, -0.1) is 0 Å². The molecule has 0 atom stereocenters. The smallest absolute Gasteiger partial charge is 0.339 e. The van der Waals surface area contributed by atoms with Crippen LogP contribution in [0, 0.1) is 0 Å². The van der Waals surface area contributed by atoms with E-state index in [1.165, 1.54) is 30.7 Å². The number of ether oxygens (including phenoxy) is 3. The van der Waals surface area contributed by atoms with E-state index in [1.807, 2.05) is 24.3 Å². The summed E-state index contributed by atoms with van der Waals surface area (Å²) in [5.41, 5.74) is 0.827. The first-order valence-electron chi connectivity index (χ1n) is 9.51. The molecular weight excluding hydrogens is 424 g/mol. The van der Waals surface area contributed by atoms with E-state index >= 15 is 0 Å². The van der Waals surface area contributed by atoms with Gasteiger partial charge in [0.05, 0.1) is 37.4 Å². The van der Waals surface area contributed by atoms with Crippen molar-refractivity contribution in [3.05, 3.63) is 53.6 Å². The van der Waals surface area contributed by atoms with E-state index in [0.717, 1.165) is 17.5 Å². The summed E-state index contributed by atoms with van der Waals surface area (Å²) in [4.78, 5) is 25.9. The highest BCUT2D eigenvalue weighted by Crippen LogP contribution is 2.27. The molecule has 0 amide bonds. The maximum absolute atomic E-state index is 13.4. The number of esters is 2. The Morgan fingerprint density at radius 3 is 2.16 bits per heavy atom. The maximum Gasteiger partial charge on any atom is 0.339 e. The first-order valence-corrected chi connectivity index (χ1v) is 11.0. The molecule has 1 heterocycles. The number of methoxy groups -OCH3 is 3. The van der Waals surface area contributed by atoms with Gasteiger partial charge >= 0.3 is 11.9 Å². The molecule has 0 radical (unpaired) electrons. The van der Waals surface area contributed by atoms with Crippen molar-refractivity contribution in [3.63, 3.8) is 0 Å². The van der Waals surface area contributed by atoms with Gasteiger partial charge in [-0.2, -0.15) is 4.31 Å². The van der Waals surface area contributed by atoms with Crippen LogP contribution in [-0.2, 0) is 19.5 Å². The Morgan fingerprint density at radius 2 is 1.55 bits per heavy atom. The minimum absolute atomic E-state index is 0.0312. The lowest BCUT2D eigenvalue weighted by Crippen LogP contribution is -2.49. The molecule has 0 aliphatic carbocycles. The zero-order chi connectivity index (χ0) is 22.6. The number of sulfonamides is 1. The number of piperazine rings is 1. The molecule has 1 fully saturated rings. The minimum Gasteiger partial charge on any atom is -0.497 e. The van der Waals surface area contributed by atoms with Crippen molar-refractivity contribution in [1.82, 2.24) is 4.31 Å². The topological polar surface area (TPSA) is 102 Å². The third-order valence-corrected chi connectivity index (χ3v) is 7.02. The van der Waals surface area contributed by atoms with Crippen LogP contribution < -0.4 is 9.64 Å². The second kappa shape index (κ2) is 9.36. The van der Waals surface area contributed by atoms with E-state index in [2.05, 4.69) is 9.64 Å². The Morgan fingerprint density at radius 1 is 0.871 bits per heavy atom. The number of benzene rings is 2. The number of carbonyl (C=O) groups is 2. The molecule has 9 nitrogen and oxygen atoms in total. The second-order valence-corrected chi connectivity index (χ2v) is 8.69. The van der Waals surface area contributed by atoms with Crippen LogP contribution in [0.15, 0.2) is 47.4 Å². The molecular formula is C21H24N2O7S. The van der Waals surface area contributed by atoms with Gasteiger partial charge in [0.25, 0.3) is 0 Å². The fourth-order valence-corrected chi connectivity index (χ4v) is 5.02. The molecule has 0 spiro atoms. The maximum atomic E-state index is 13.4. The average molecular weight is 448 g/mol. The largest absolute Gasteiger partial charge is 0.497 e. The zero-order valence-electron chi connectivity index (χ0n) is 17.5. The summed E-state index contributed by atoms with van der Waals surface area (Å²) >= 11 is 0. The Bertz CT molecular complexity index is 1080. The highest BCUT2D eigenvalue weighted by Gasteiger charge is 2.33. The molecule has 0 N–H and O–H groups in total. The number of rotatable bonds is 6. The van der Waals surface area contributed by atoms with Crippen molar-refractivity contribution in [2.45, 2.75) is 4.90 Å². The third kappa shape index (κ3) is 4.64. The molecule has 1 aliphatic rings. The zero-order valence-corrected chi connectivity index (χ0v) is 18.3. The Labute approximate surface area is 181 Å². The van der Waals surface area contributed by atoms with Crippen molar-refractivity contribution in [1.29, 1.82) is 0 Å². The van der Waals surface area contributed by atoms with Gasteiger partial charge in [-0.25, -0.2) is 18.0 Å². The minimum atomic E-state index is -4.06. The fraction of sp³-hybridized carbons (Fsp3) is 0.333. The number of carbonyl (C=O) groups excluding carboxylic acids is 2. The monoisotopic (exact) mass is 448 g/mol. The summed E-state index contributed by atoms with van der Waals surface area (Å²) in [6, 6.07) is 11.3. The molecule has 1 saturated heterocycles. The van der Waals surface area contributed by atoms with Crippen molar-refractivity contribution >= 4 is 27.6 Å². The Hall–Kier alpha value is -3.11. The van der Waals surface area contributed by atoms with Gasteiger partial charge in [0, 0.05) is 37.9 Å². The van der Waals surface area contributed by atoms with Crippen LogP contribution >= 0.6 is 0 Å². The standard InChI is InChI=1S/C21H24N2O7S/c1-28-17-6-4-5-16(14-17)22-9-11-23(12-10-22)31(26,27)19-13-15(20(24)29-2)7-8-18(19)21(25)30-3/h4-8,13-14H,9-12H2,1-3H3. The van der Waals surface area contributed by atoms with Crippen molar-refractivity contribution in [2.24, 2.45) is 0 Å². The number of hydrogen-bond donors (Lipinski definition) is 0. The first-order chi connectivity index (χ1) is 14.8. The summed E-state index contributed by atoms with van der Waals surface area (Å²) in [5.74, 6) is -0.782. The summed E-state index contributed by atoms with van der Waals surface area (Å²) in [6.07, 6.45) is 0. The second-order valence-electron chi connectivity index (χ2n) is 6.79. The summed E-state index contributed by atoms with van der Waals surface area (Å²) in [5, 5.41) is 0. The number of nitrogens with zero attached hydrogens (tertiary/aromatic N) is 2. The quantitative estimate of drug-likeness (QED) is 0.617. The molecule has 31 heavy (non-hydrogen) atoms. The number of hydrogen-bond acceptors (Lipinski definition) is 8. The van der Waals surface area contributed by atoms with Gasteiger partial charge < -0.3 is 19.1 Å². The SMILES string of the molecule is COC(=O)c1ccc(C(=O)OC)c(S(=O)(=O)N2CCN(c3cccc(OC)c3)CC2)c1. The van der Waals surface area contributed by atoms with E-state index in [1.54, 1.807) is 7.11 Å². The Balaban J connectivity index is 1.88. The lowest BCUT2D eigenvalue weighted by Gasteiger charge is -2.35. The normalized spacial score (nSPS) is 14.7. The summed E-state index contributed by atoms with van der Waals surface area (Å²) in [6.45, 7) is 1.33. The molecule has 2 aromatic carbocycles. The van der Waals surface area contributed by atoms with E-state index in [0.29, 0.717) is 13.1 Å². The lowest BCUT2D eigenvalue weighted by molar-refractivity contribution is 0.0583. The average Bonchev–Trinajstić information content (AvgIpc) is 2.82. The third-order valence-electron chi connectivity index (χ3n) is 5.08. The molecule has 0 bridgehead atoms. The van der Waals surface area contributed by atoms with Crippen LogP contribution in [0.25, 0.3) is 0 Å².